The molecule has 0 aliphatic rings. The molecule has 1 aromatic heterocycles. The fourth-order valence-electron chi connectivity index (χ4n) is 2.79. The number of nitrogens with one attached hydrogen (secondary N) is 1. The molecule has 29 heavy (non-hydrogen) atoms. The first-order valence-electron chi connectivity index (χ1n) is 9.22. The number of ether oxygens (including phenoxy) is 1. The van der Waals surface area contributed by atoms with Crippen molar-refractivity contribution in [2.24, 2.45) is 0 Å². The van der Waals surface area contributed by atoms with Crippen molar-refractivity contribution in [2.75, 3.05) is 11.9 Å². The van der Waals surface area contributed by atoms with Crippen molar-refractivity contribution in [3.63, 3.8) is 0 Å². The Bertz CT molecular complexity index is 1010. The highest BCUT2D eigenvalue weighted by Crippen LogP contribution is 2.27. The Morgan fingerprint density at radius 1 is 0.897 bits per heavy atom. The lowest BCUT2D eigenvalue weighted by Crippen LogP contribution is -2.21. The van der Waals surface area contributed by atoms with E-state index in [1.54, 1.807) is 12.1 Å². The minimum atomic E-state index is -0.571. The van der Waals surface area contributed by atoms with Crippen LogP contribution in [-0.2, 0) is 14.3 Å². The van der Waals surface area contributed by atoms with E-state index < -0.39 is 18.5 Å². The van der Waals surface area contributed by atoms with Crippen LogP contribution < -0.4 is 5.32 Å². The van der Waals surface area contributed by atoms with Crippen molar-refractivity contribution in [1.29, 1.82) is 0 Å². The molecule has 0 aliphatic carbocycles. The number of esters is 1. The number of hydrogen-bond acceptors (Lipinski definition) is 5. The maximum Gasteiger partial charge on any atom is 0.306 e. The number of thiophene rings is 1. The van der Waals surface area contributed by atoms with Crippen LogP contribution in [0.2, 0.25) is 0 Å². The maximum absolute atomic E-state index is 12.2. The lowest BCUT2D eigenvalue weighted by molar-refractivity contribution is -0.147. The molecule has 0 atom stereocenters. The zero-order valence-corrected chi connectivity index (χ0v) is 16.8. The van der Waals surface area contributed by atoms with Crippen molar-refractivity contribution in [1.82, 2.24) is 0 Å². The van der Waals surface area contributed by atoms with Gasteiger partial charge in [0.1, 0.15) is 0 Å². The van der Waals surface area contributed by atoms with Crippen molar-refractivity contribution in [2.45, 2.75) is 19.8 Å². The van der Waals surface area contributed by atoms with E-state index in [-0.39, 0.29) is 18.6 Å². The van der Waals surface area contributed by atoms with Crippen LogP contribution in [0.1, 0.15) is 27.4 Å². The van der Waals surface area contributed by atoms with Gasteiger partial charge in [0.15, 0.2) is 12.4 Å². The highest BCUT2D eigenvalue weighted by Gasteiger charge is 2.14. The Kier molecular flexibility index (Phi) is 6.92. The fraction of sp³-hybridized carbons (Fsp3) is 0.174. The number of carbonyl (C=O) groups is 3. The van der Waals surface area contributed by atoms with Gasteiger partial charge >= 0.3 is 5.97 Å². The number of benzene rings is 2. The van der Waals surface area contributed by atoms with E-state index in [1.807, 2.05) is 61.5 Å². The Labute approximate surface area is 173 Å². The molecule has 3 rings (SSSR count). The van der Waals surface area contributed by atoms with E-state index in [4.69, 9.17) is 4.74 Å². The predicted molar refractivity (Wildman–Crippen MR) is 114 cm³/mol. The van der Waals surface area contributed by atoms with Gasteiger partial charge in [0.05, 0.1) is 11.3 Å². The van der Waals surface area contributed by atoms with Gasteiger partial charge in [0, 0.05) is 22.5 Å². The molecule has 0 saturated carbocycles. The third-order valence-corrected chi connectivity index (χ3v) is 5.26. The van der Waals surface area contributed by atoms with Crippen LogP contribution in [0.5, 0.6) is 0 Å². The molecular weight excluding hydrogens is 386 g/mol. The molecule has 0 bridgehead atoms. The van der Waals surface area contributed by atoms with Crippen LogP contribution in [0.3, 0.4) is 0 Å². The summed E-state index contributed by atoms with van der Waals surface area (Å²) in [5, 5.41) is 2.78. The van der Waals surface area contributed by atoms with Crippen LogP contribution >= 0.6 is 11.3 Å². The van der Waals surface area contributed by atoms with E-state index in [2.05, 4.69) is 5.32 Å². The number of ketones is 1. The number of rotatable bonds is 8. The SMILES string of the molecule is Cc1ccc(C(=O)CCC(=O)OCC(=O)Nc2ccccc2-c2ccccc2)s1. The Balaban J connectivity index is 1.49. The monoisotopic (exact) mass is 407 g/mol. The van der Waals surface area contributed by atoms with Crippen molar-refractivity contribution < 1.29 is 19.1 Å². The maximum atomic E-state index is 12.2. The second-order valence-electron chi connectivity index (χ2n) is 6.45. The molecule has 2 aromatic carbocycles. The zero-order chi connectivity index (χ0) is 20.6. The Hall–Kier alpha value is -3.25. The number of hydrogen-bond donors (Lipinski definition) is 1. The molecular formula is C23H21NO4S. The third kappa shape index (κ3) is 5.86. The Morgan fingerprint density at radius 2 is 1.62 bits per heavy atom. The fourth-order valence-corrected chi connectivity index (χ4v) is 3.62. The van der Waals surface area contributed by atoms with E-state index in [0.717, 1.165) is 16.0 Å². The molecule has 1 heterocycles. The smallest absolute Gasteiger partial charge is 0.306 e. The molecule has 148 valence electrons. The molecule has 0 fully saturated rings. The molecule has 5 nitrogen and oxygen atoms in total. The second kappa shape index (κ2) is 9.80. The first-order chi connectivity index (χ1) is 14.0. The van der Waals surface area contributed by atoms with E-state index in [0.29, 0.717) is 10.6 Å². The molecule has 1 N–H and O–H groups in total. The van der Waals surface area contributed by atoms with Gasteiger partial charge < -0.3 is 10.1 Å². The minimum absolute atomic E-state index is 0.0519. The molecule has 0 unspecified atom stereocenters. The standard InChI is InChI=1S/C23H21NO4S/c1-16-11-13-21(29-16)20(25)12-14-23(27)28-15-22(26)24-19-10-6-5-9-18(19)17-7-3-2-4-8-17/h2-11,13H,12,14-15H2,1H3,(H,24,26). The normalized spacial score (nSPS) is 10.4. The first kappa shape index (κ1) is 20.5. The van der Waals surface area contributed by atoms with Gasteiger partial charge in [-0.3, -0.25) is 14.4 Å². The van der Waals surface area contributed by atoms with Crippen LogP contribution in [0, 0.1) is 6.92 Å². The van der Waals surface area contributed by atoms with E-state index in [1.165, 1.54) is 11.3 Å². The van der Waals surface area contributed by atoms with E-state index >= 15 is 0 Å². The van der Waals surface area contributed by atoms with Crippen LogP contribution in [-0.4, -0.2) is 24.3 Å². The van der Waals surface area contributed by atoms with E-state index in [9.17, 15) is 14.4 Å². The summed E-state index contributed by atoms with van der Waals surface area (Å²) in [6.45, 7) is 1.53. The topological polar surface area (TPSA) is 72.5 Å². The number of aryl methyl sites for hydroxylation is 1. The second-order valence-corrected chi connectivity index (χ2v) is 7.74. The summed E-state index contributed by atoms with van der Waals surface area (Å²) in [6.07, 6.45) is 0.0148. The average Bonchev–Trinajstić information content (AvgIpc) is 3.18. The summed E-state index contributed by atoms with van der Waals surface area (Å²) in [7, 11) is 0. The van der Waals surface area contributed by atoms with Crippen LogP contribution in [0.15, 0.2) is 66.7 Å². The van der Waals surface area contributed by atoms with Crippen LogP contribution in [0.4, 0.5) is 5.69 Å². The predicted octanol–water partition coefficient (Wildman–Crippen LogP) is 4.87. The lowest BCUT2D eigenvalue weighted by atomic mass is 10.0. The number of carbonyl (C=O) groups excluding carboxylic acids is 3. The van der Waals surface area contributed by atoms with Gasteiger partial charge in [-0.2, -0.15) is 0 Å². The zero-order valence-electron chi connectivity index (χ0n) is 16.0. The number of Topliss-reactive ketones (excluding diaryl/α,β-unsaturated/α-hetero) is 1. The van der Waals surface area contributed by atoms with Crippen molar-refractivity contribution in [3.05, 3.63) is 76.5 Å². The van der Waals surface area contributed by atoms with Gasteiger partial charge in [-0.15, -0.1) is 11.3 Å². The van der Waals surface area contributed by atoms with Crippen molar-refractivity contribution >= 4 is 34.7 Å². The summed E-state index contributed by atoms with van der Waals surface area (Å²) in [4.78, 5) is 37.8. The molecule has 0 aliphatic heterocycles. The van der Waals surface area contributed by atoms with Gasteiger partial charge in [-0.25, -0.2) is 0 Å². The van der Waals surface area contributed by atoms with Gasteiger partial charge in [-0.1, -0.05) is 48.5 Å². The molecule has 6 heteroatoms. The summed E-state index contributed by atoms with van der Waals surface area (Å²) in [6, 6.07) is 20.7. The largest absolute Gasteiger partial charge is 0.456 e. The highest BCUT2D eigenvalue weighted by atomic mass is 32.1. The lowest BCUT2D eigenvalue weighted by Gasteiger charge is -2.11. The van der Waals surface area contributed by atoms with Crippen molar-refractivity contribution in [3.8, 4) is 11.1 Å². The summed E-state index contributed by atoms with van der Waals surface area (Å²) in [5.41, 5.74) is 2.50. The summed E-state index contributed by atoms with van der Waals surface area (Å²) >= 11 is 1.40. The summed E-state index contributed by atoms with van der Waals surface area (Å²) in [5.74, 6) is -1.10. The number of anilines is 1. The quantitative estimate of drug-likeness (QED) is 0.427. The Morgan fingerprint density at radius 3 is 2.34 bits per heavy atom. The van der Waals surface area contributed by atoms with Gasteiger partial charge in [0.25, 0.3) is 5.91 Å². The minimum Gasteiger partial charge on any atom is -0.456 e. The molecule has 1 amide bonds. The molecule has 3 aromatic rings. The number of para-hydroxylation sites is 1. The molecule has 0 radical (unpaired) electrons. The highest BCUT2D eigenvalue weighted by molar-refractivity contribution is 7.14. The molecule has 0 spiro atoms. The molecule has 0 saturated heterocycles. The van der Waals surface area contributed by atoms with Gasteiger partial charge in [-0.05, 0) is 30.7 Å². The number of amides is 1. The van der Waals surface area contributed by atoms with Gasteiger partial charge in [0.2, 0.25) is 0 Å². The van der Waals surface area contributed by atoms with Crippen LogP contribution in [0.25, 0.3) is 11.1 Å². The first-order valence-corrected chi connectivity index (χ1v) is 10.0. The average molecular weight is 407 g/mol. The third-order valence-electron chi connectivity index (χ3n) is 4.22. The summed E-state index contributed by atoms with van der Waals surface area (Å²) < 4.78 is 5.01.